The van der Waals surface area contributed by atoms with Crippen molar-refractivity contribution in [3.05, 3.63) is 18.2 Å². The first-order chi connectivity index (χ1) is 10.7. The largest absolute Gasteiger partial charge is 0.479 e. The smallest absolute Gasteiger partial charge is 0.411 e. The molecule has 1 saturated carbocycles. The summed E-state index contributed by atoms with van der Waals surface area (Å²) in [5, 5.41) is 9.73. The molecule has 0 bridgehead atoms. The van der Waals surface area contributed by atoms with Crippen LogP contribution in [0.3, 0.4) is 0 Å². The van der Waals surface area contributed by atoms with E-state index in [-0.39, 0.29) is 6.04 Å². The Hall–Kier alpha value is -2.05. The van der Waals surface area contributed by atoms with E-state index >= 15 is 0 Å². The molecular weight excluding hydrogens is 298 g/mol. The predicted molar refractivity (Wildman–Crippen MR) is 84.1 cm³/mol. The molecule has 1 amide bonds. The number of nitrogens with zero attached hydrogens (tertiary/aromatic N) is 3. The highest BCUT2D eigenvalue weighted by Gasteiger charge is 2.38. The first kappa shape index (κ1) is 17.3. The highest BCUT2D eigenvalue weighted by Crippen LogP contribution is 2.38. The van der Waals surface area contributed by atoms with Gasteiger partial charge in [-0.15, -0.1) is 0 Å². The Balaban J connectivity index is 2.33. The predicted octanol–water partition coefficient (Wildman–Crippen LogP) is 2.99. The van der Waals surface area contributed by atoms with Crippen LogP contribution in [0.2, 0.25) is 0 Å². The van der Waals surface area contributed by atoms with Gasteiger partial charge in [-0.2, -0.15) is 0 Å². The number of aromatic nitrogens is 2. The van der Waals surface area contributed by atoms with Crippen molar-refractivity contribution in [1.29, 1.82) is 0 Å². The number of rotatable bonds is 6. The van der Waals surface area contributed by atoms with Crippen molar-refractivity contribution in [3.63, 3.8) is 0 Å². The average Bonchev–Trinajstić information content (AvgIpc) is 3.15. The number of aliphatic carboxylic acids is 1. The van der Waals surface area contributed by atoms with Crippen LogP contribution in [0, 0.1) is 0 Å². The Labute approximate surface area is 136 Å². The minimum Gasteiger partial charge on any atom is -0.479 e. The standard InChI is InChI=1S/C16H25N3O4/c1-5-8-18(15(22)23-16(2,3)4)13(14(20)21)12-9-17-10-19(12)11-6-7-11/h9-11,13H,5-8H2,1-4H3,(H,20,21). The van der Waals surface area contributed by atoms with Crippen molar-refractivity contribution in [1.82, 2.24) is 14.5 Å². The summed E-state index contributed by atoms with van der Waals surface area (Å²) in [5.41, 5.74) is -0.151. The highest BCUT2D eigenvalue weighted by atomic mass is 16.6. The number of amides is 1. The normalized spacial score (nSPS) is 16.0. The third kappa shape index (κ3) is 4.24. The zero-order chi connectivity index (χ0) is 17.2. The molecule has 1 unspecified atom stereocenters. The van der Waals surface area contributed by atoms with Crippen LogP contribution in [0.1, 0.15) is 64.7 Å². The summed E-state index contributed by atoms with van der Waals surface area (Å²) in [7, 11) is 0. The third-order valence-corrected chi connectivity index (χ3v) is 3.55. The van der Waals surface area contributed by atoms with E-state index in [9.17, 15) is 14.7 Å². The minimum atomic E-state index is -1.09. The van der Waals surface area contributed by atoms with Crippen LogP contribution in [-0.4, -0.2) is 43.8 Å². The second-order valence-electron chi connectivity index (χ2n) is 6.87. The third-order valence-electron chi connectivity index (χ3n) is 3.55. The van der Waals surface area contributed by atoms with E-state index in [0.29, 0.717) is 18.7 Å². The van der Waals surface area contributed by atoms with E-state index in [4.69, 9.17) is 4.74 Å². The first-order valence-corrected chi connectivity index (χ1v) is 7.98. The maximum atomic E-state index is 12.5. The lowest BCUT2D eigenvalue weighted by Crippen LogP contribution is -2.43. The molecule has 23 heavy (non-hydrogen) atoms. The van der Waals surface area contributed by atoms with Crippen LogP contribution >= 0.6 is 0 Å². The molecule has 7 heteroatoms. The lowest BCUT2D eigenvalue weighted by atomic mass is 10.1. The van der Waals surface area contributed by atoms with Gasteiger partial charge in [0.2, 0.25) is 0 Å². The van der Waals surface area contributed by atoms with Crippen LogP contribution < -0.4 is 0 Å². The van der Waals surface area contributed by atoms with Gasteiger partial charge in [0.15, 0.2) is 6.04 Å². The number of carboxylic acids is 1. The molecule has 128 valence electrons. The van der Waals surface area contributed by atoms with Crippen LogP contribution in [0.25, 0.3) is 0 Å². The number of carbonyl (C=O) groups is 2. The summed E-state index contributed by atoms with van der Waals surface area (Å²) in [6.07, 6.45) is 5.22. The van der Waals surface area contributed by atoms with Crippen molar-refractivity contribution in [2.45, 2.75) is 64.6 Å². The summed E-state index contributed by atoms with van der Waals surface area (Å²) >= 11 is 0. The fourth-order valence-corrected chi connectivity index (χ4v) is 2.49. The van der Waals surface area contributed by atoms with Gasteiger partial charge in [0.05, 0.1) is 18.2 Å². The number of ether oxygens (including phenoxy) is 1. The maximum absolute atomic E-state index is 12.5. The number of hydrogen-bond acceptors (Lipinski definition) is 4. The number of carbonyl (C=O) groups excluding carboxylic acids is 1. The van der Waals surface area contributed by atoms with Crippen LogP contribution in [0.4, 0.5) is 4.79 Å². The van der Waals surface area contributed by atoms with E-state index in [0.717, 1.165) is 12.8 Å². The fraction of sp³-hybridized carbons (Fsp3) is 0.688. The molecule has 1 aliphatic carbocycles. The van der Waals surface area contributed by atoms with Crippen LogP contribution in [0.15, 0.2) is 12.5 Å². The van der Waals surface area contributed by atoms with E-state index in [1.165, 1.54) is 11.1 Å². The van der Waals surface area contributed by atoms with Gasteiger partial charge >= 0.3 is 12.1 Å². The zero-order valence-electron chi connectivity index (χ0n) is 14.2. The quantitative estimate of drug-likeness (QED) is 0.870. The van der Waals surface area contributed by atoms with Gasteiger partial charge in [-0.25, -0.2) is 14.6 Å². The summed E-state index contributed by atoms with van der Waals surface area (Å²) < 4.78 is 7.26. The monoisotopic (exact) mass is 323 g/mol. The highest BCUT2D eigenvalue weighted by molar-refractivity contribution is 5.81. The summed E-state index contributed by atoms with van der Waals surface area (Å²) in [5.74, 6) is -1.08. The Morgan fingerprint density at radius 1 is 1.48 bits per heavy atom. The first-order valence-electron chi connectivity index (χ1n) is 7.98. The minimum absolute atomic E-state index is 0.288. The maximum Gasteiger partial charge on any atom is 0.411 e. The number of carboxylic acid groups (broad SMARTS) is 1. The molecule has 0 aromatic carbocycles. The average molecular weight is 323 g/mol. The Morgan fingerprint density at radius 2 is 2.13 bits per heavy atom. The molecule has 0 spiro atoms. The Kier molecular flexibility index (Phi) is 4.97. The molecule has 1 aromatic heterocycles. The summed E-state index contributed by atoms with van der Waals surface area (Å²) in [4.78, 5) is 29.8. The number of hydrogen-bond donors (Lipinski definition) is 1. The summed E-state index contributed by atoms with van der Waals surface area (Å²) in [6.45, 7) is 7.49. The van der Waals surface area contributed by atoms with Crippen molar-refractivity contribution in [2.24, 2.45) is 0 Å². The van der Waals surface area contributed by atoms with E-state index in [1.54, 1.807) is 27.1 Å². The SMILES string of the molecule is CCCN(C(=O)OC(C)(C)C)C(C(=O)O)c1cncn1C1CC1. The molecular formula is C16H25N3O4. The molecule has 1 aromatic rings. The molecule has 1 atom stereocenters. The van der Waals surface area contributed by atoms with Crippen molar-refractivity contribution < 1.29 is 19.4 Å². The second kappa shape index (κ2) is 6.60. The van der Waals surface area contributed by atoms with Gasteiger partial charge in [0.1, 0.15) is 5.60 Å². The van der Waals surface area contributed by atoms with Crippen molar-refractivity contribution in [2.75, 3.05) is 6.54 Å². The van der Waals surface area contributed by atoms with Gasteiger partial charge < -0.3 is 14.4 Å². The Morgan fingerprint density at radius 3 is 2.61 bits per heavy atom. The molecule has 7 nitrogen and oxygen atoms in total. The van der Waals surface area contributed by atoms with Gasteiger partial charge in [0, 0.05) is 12.6 Å². The zero-order valence-corrected chi connectivity index (χ0v) is 14.2. The van der Waals surface area contributed by atoms with E-state index in [1.807, 2.05) is 11.5 Å². The molecule has 1 fully saturated rings. The lowest BCUT2D eigenvalue weighted by molar-refractivity contribution is -0.143. The molecule has 1 N–H and O–H groups in total. The topological polar surface area (TPSA) is 84.7 Å². The fourth-order valence-electron chi connectivity index (χ4n) is 2.49. The van der Waals surface area contributed by atoms with E-state index < -0.39 is 23.7 Å². The van der Waals surface area contributed by atoms with Gasteiger partial charge in [0.25, 0.3) is 0 Å². The number of imidazole rings is 1. The lowest BCUT2D eigenvalue weighted by Gasteiger charge is -2.31. The van der Waals surface area contributed by atoms with Gasteiger partial charge in [-0.1, -0.05) is 6.92 Å². The second-order valence-corrected chi connectivity index (χ2v) is 6.87. The molecule has 1 heterocycles. The molecule has 0 saturated heterocycles. The van der Waals surface area contributed by atoms with Gasteiger partial charge in [-0.05, 0) is 40.0 Å². The molecule has 1 aliphatic rings. The van der Waals surface area contributed by atoms with E-state index in [2.05, 4.69) is 4.98 Å². The van der Waals surface area contributed by atoms with Crippen LogP contribution in [-0.2, 0) is 9.53 Å². The Bertz CT molecular complexity index is 572. The van der Waals surface area contributed by atoms with Crippen molar-refractivity contribution >= 4 is 12.1 Å². The molecule has 0 radical (unpaired) electrons. The van der Waals surface area contributed by atoms with Gasteiger partial charge in [-0.3, -0.25) is 4.90 Å². The molecule has 2 rings (SSSR count). The molecule has 0 aliphatic heterocycles. The summed E-state index contributed by atoms with van der Waals surface area (Å²) in [6, 6.07) is -0.802. The van der Waals surface area contributed by atoms with Crippen LogP contribution in [0.5, 0.6) is 0 Å². The van der Waals surface area contributed by atoms with Crippen molar-refractivity contribution in [3.8, 4) is 0 Å².